The van der Waals surface area contributed by atoms with Gasteiger partial charge in [-0.05, 0) is 30.9 Å². The van der Waals surface area contributed by atoms with Crippen molar-refractivity contribution in [2.24, 2.45) is 5.92 Å². The average Bonchev–Trinajstić information content (AvgIpc) is 2.90. The van der Waals surface area contributed by atoms with E-state index in [0.717, 1.165) is 23.3 Å². The van der Waals surface area contributed by atoms with E-state index >= 15 is 0 Å². The van der Waals surface area contributed by atoms with Crippen LogP contribution in [0.3, 0.4) is 0 Å². The van der Waals surface area contributed by atoms with Crippen molar-refractivity contribution in [3.8, 4) is 0 Å². The Kier molecular flexibility index (Phi) is 4.23. The second-order valence-corrected chi connectivity index (χ2v) is 6.14. The third-order valence-corrected chi connectivity index (χ3v) is 4.49. The highest BCUT2D eigenvalue weighted by atomic mass is 16.1. The summed E-state index contributed by atoms with van der Waals surface area (Å²) in [7, 11) is 0. The van der Waals surface area contributed by atoms with Crippen LogP contribution in [0.5, 0.6) is 0 Å². The fourth-order valence-corrected chi connectivity index (χ4v) is 3.17. The highest BCUT2D eigenvalue weighted by Gasteiger charge is 2.22. The van der Waals surface area contributed by atoms with Gasteiger partial charge in [-0.2, -0.15) is 0 Å². The number of fused-ring (bicyclic) bond motifs is 1. The Morgan fingerprint density at radius 3 is 2.95 bits per heavy atom. The highest BCUT2D eigenvalue weighted by molar-refractivity contribution is 5.77. The van der Waals surface area contributed by atoms with Crippen LogP contribution in [0.1, 0.15) is 44.9 Å². The Morgan fingerprint density at radius 1 is 1.33 bits per heavy atom. The molecule has 2 aromatic rings. The first-order valence-electron chi connectivity index (χ1n) is 7.95. The SMILES string of the molecule is C[C@@H]1CCCC[C@H]1NC(=O)CCc1nc2ccccc2[nH]1. The van der Waals surface area contributed by atoms with Crippen molar-refractivity contribution in [3.05, 3.63) is 30.1 Å². The van der Waals surface area contributed by atoms with Crippen LogP contribution in [-0.2, 0) is 11.2 Å². The second kappa shape index (κ2) is 6.29. The topological polar surface area (TPSA) is 57.8 Å². The summed E-state index contributed by atoms with van der Waals surface area (Å²) in [6.07, 6.45) is 6.06. The first kappa shape index (κ1) is 14.1. The lowest BCUT2D eigenvalue weighted by atomic mass is 9.86. The van der Waals surface area contributed by atoms with E-state index in [2.05, 4.69) is 22.2 Å². The molecule has 21 heavy (non-hydrogen) atoms. The number of nitrogens with one attached hydrogen (secondary N) is 2. The Morgan fingerprint density at radius 2 is 2.14 bits per heavy atom. The van der Waals surface area contributed by atoms with Crippen LogP contribution in [-0.4, -0.2) is 21.9 Å². The number of carbonyl (C=O) groups is 1. The monoisotopic (exact) mass is 285 g/mol. The van der Waals surface area contributed by atoms with Crippen molar-refractivity contribution in [2.75, 3.05) is 0 Å². The molecule has 1 aromatic heterocycles. The van der Waals surface area contributed by atoms with Gasteiger partial charge >= 0.3 is 0 Å². The van der Waals surface area contributed by atoms with Crippen LogP contribution in [0.15, 0.2) is 24.3 Å². The maximum Gasteiger partial charge on any atom is 0.220 e. The van der Waals surface area contributed by atoms with Gasteiger partial charge in [-0.1, -0.05) is 31.9 Å². The number of aromatic nitrogens is 2. The minimum absolute atomic E-state index is 0.147. The Balaban J connectivity index is 1.53. The first-order chi connectivity index (χ1) is 10.2. The number of para-hydroxylation sites is 2. The Bertz CT molecular complexity index is 586. The normalized spacial score (nSPS) is 22.3. The molecule has 0 radical (unpaired) electrons. The van der Waals surface area contributed by atoms with Gasteiger partial charge in [0.05, 0.1) is 11.0 Å². The molecule has 2 N–H and O–H groups in total. The summed E-state index contributed by atoms with van der Waals surface area (Å²) in [5.41, 5.74) is 2.00. The number of carbonyl (C=O) groups excluding carboxylic acids is 1. The Hall–Kier alpha value is -1.84. The zero-order chi connectivity index (χ0) is 14.7. The first-order valence-corrected chi connectivity index (χ1v) is 7.95. The summed E-state index contributed by atoms with van der Waals surface area (Å²) in [4.78, 5) is 19.9. The molecule has 112 valence electrons. The van der Waals surface area contributed by atoms with Crippen molar-refractivity contribution in [1.29, 1.82) is 0 Å². The maximum absolute atomic E-state index is 12.1. The largest absolute Gasteiger partial charge is 0.353 e. The van der Waals surface area contributed by atoms with Gasteiger partial charge in [-0.3, -0.25) is 4.79 Å². The van der Waals surface area contributed by atoms with Crippen molar-refractivity contribution >= 4 is 16.9 Å². The van der Waals surface area contributed by atoms with Gasteiger partial charge in [0.25, 0.3) is 0 Å². The van der Waals surface area contributed by atoms with E-state index in [1.165, 1.54) is 19.3 Å². The summed E-state index contributed by atoms with van der Waals surface area (Å²) in [6, 6.07) is 8.32. The van der Waals surface area contributed by atoms with Gasteiger partial charge in [0.15, 0.2) is 0 Å². The molecule has 1 amide bonds. The number of nitrogens with zero attached hydrogens (tertiary/aromatic N) is 1. The average molecular weight is 285 g/mol. The molecule has 4 heteroatoms. The van der Waals surface area contributed by atoms with E-state index in [4.69, 9.17) is 0 Å². The number of aromatic amines is 1. The fraction of sp³-hybridized carbons (Fsp3) is 0.529. The van der Waals surface area contributed by atoms with Gasteiger partial charge in [0, 0.05) is 18.9 Å². The van der Waals surface area contributed by atoms with Gasteiger partial charge in [-0.25, -0.2) is 4.98 Å². The zero-order valence-electron chi connectivity index (χ0n) is 12.6. The van der Waals surface area contributed by atoms with Crippen molar-refractivity contribution < 1.29 is 4.79 Å². The van der Waals surface area contributed by atoms with Crippen molar-refractivity contribution in [3.63, 3.8) is 0 Å². The number of rotatable bonds is 4. The lowest BCUT2D eigenvalue weighted by Gasteiger charge is -2.29. The summed E-state index contributed by atoms with van der Waals surface area (Å²) >= 11 is 0. The lowest BCUT2D eigenvalue weighted by molar-refractivity contribution is -0.122. The number of hydrogen-bond acceptors (Lipinski definition) is 2. The maximum atomic E-state index is 12.1. The van der Waals surface area contributed by atoms with Crippen LogP contribution >= 0.6 is 0 Å². The molecule has 1 heterocycles. The predicted octanol–water partition coefficient (Wildman–Crippen LogP) is 3.19. The summed E-state index contributed by atoms with van der Waals surface area (Å²) < 4.78 is 0. The number of benzene rings is 1. The van der Waals surface area contributed by atoms with E-state index in [-0.39, 0.29) is 5.91 Å². The number of imidazole rings is 1. The molecule has 0 saturated heterocycles. The van der Waals surface area contributed by atoms with Crippen molar-refractivity contribution in [2.45, 2.75) is 51.5 Å². The fourth-order valence-electron chi connectivity index (χ4n) is 3.17. The standard InChI is InChI=1S/C17H23N3O/c1-12-6-2-3-7-13(12)20-17(21)11-10-16-18-14-8-4-5-9-15(14)19-16/h4-5,8-9,12-13H,2-3,6-7,10-11H2,1H3,(H,18,19)(H,20,21)/t12-,13-/m1/s1. The van der Waals surface area contributed by atoms with Crippen LogP contribution in [0.25, 0.3) is 11.0 Å². The molecule has 3 rings (SSSR count). The van der Waals surface area contributed by atoms with E-state index < -0.39 is 0 Å². The molecular formula is C17H23N3O. The van der Waals surface area contributed by atoms with Crippen LogP contribution < -0.4 is 5.32 Å². The predicted molar refractivity (Wildman–Crippen MR) is 84.0 cm³/mol. The van der Waals surface area contributed by atoms with Gasteiger partial charge in [0.2, 0.25) is 5.91 Å². The molecule has 1 aliphatic carbocycles. The molecule has 0 aliphatic heterocycles. The lowest BCUT2D eigenvalue weighted by Crippen LogP contribution is -2.41. The van der Waals surface area contributed by atoms with E-state index in [1.807, 2.05) is 24.3 Å². The van der Waals surface area contributed by atoms with Crippen molar-refractivity contribution in [1.82, 2.24) is 15.3 Å². The third kappa shape index (κ3) is 3.43. The number of aryl methyl sites for hydroxylation is 1. The van der Waals surface area contributed by atoms with E-state index in [0.29, 0.717) is 24.8 Å². The summed E-state index contributed by atoms with van der Waals surface area (Å²) in [5, 5.41) is 3.19. The smallest absolute Gasteiger partial charge is 0.220 e. The number of hydrogen-bond donors (Lipinski definition) is 2. The molecule has 1 saturated carbocycles. The molecule has 0 spiro atoms. The summed E-state index contributed by atoms with van der Waals surface area (Å²) in [6.45, 7) is 2.24. The van der Waals surface area contributed by atoms with Gasteiger partial charge in [-0.15, -0.1) is 0 Å². The molecule has 0 unspecified atom stereocenters. The molecule has 1 aliphatic rings. The second-order valence-electron chi connectivity index (χ2n) is 6.14. The Labute approximate surface area is 125 Å². The molecule has 2 atom stereocenters. The van der Waals surface area contributed by atoms with Gasteiger partial charge < -0.3 is 10.3 Å². The molecule has 4 nitrogen and oxygen atoms in total. The number of H-pyrrole nitrogens is 1. The molecule has 1 fully saturated rings. The summed E-state index contributed by atoms with van der Waals surface area (Å²) in [5.74, 6) is 1.64. The van der Waals surface area contributed by atoms with E-state index in [9.17, 15) is 4.79 Å². The molecular weight excluding hydrogens is 262 g/mol. The molecule has 0 bridgehead atoms. The van der Waals surface area contributed by atoms with Crippen LogP contribution in [0.2, 0.25) is 0 Å². The highest BCUT2D eigenvalue weighted by Crippen LogP contribution is 2.23. The van der Waals surface area contributed by atoms with Crippen LogP contribution in [0.4, 0.5) is 0 Å². The minimum Gasteiger partial charge on any atom is -0.353 e. The van der Waals surface area contributed by atoms with Crippen LogP contribution in [0, 0.1) is 5.92 Å². The number of amides is 1. The minimum atomic E-state index is 0.147. The quantitative estimate of drug-likeness (QED) is 0.906. The zero-order valence-corrected chi connectivity index (χ0v) is 12.6. The molecule has 1 aromatic carbocycles. The van der Waals surface area contributed by atoms with E-state index in [1.54, 1.807) is 0 Å². The van der Waals surface area contributed by atoms with Gasteiger partial charge in [0.1, 0.15) is 5.82 Å². The third-order valence-electron chi connectivity index (χ3n) is 4.49.